The van der Waals surface area contributed by atoms with Crippen molar-refractivity contribution < 1.29 is 19.6 Å². The molecule has 8 heteroatoms. The van der Waals surface area contributed by atoms with E-state index < -0.39 is 10.9 Å². The largest absolute Gasteiger partial charge is 0.478 e. The van der Waals surface area contributed by atoms with Gasteiger partial charge in [0.05, 0.1) is 19.4 Å². The van der Waals surface area contributed by atoms with E-state index in [0.29, 0.717) is 20.4 Å². The molecule has 1 N–H and O–H groups in total. The number of benzene rings is 2. The lowest BCUT2D eigenvalue weighted by atomic mass is 10.2. The quantitative estimate of drug-likeness (QED) is 0.580. The van der Waals surface area contributed by atoms with Crippen LogP contribution in [-0.4, -0.2) is 16.0 Å². The van der Waals surface area contributed by atoms with E-state index in [-0.39, 0.29) is 11.3 Å². The highest BCUT2D eigenvalue weighted by Gasteiger charge is 2.13. The Bertz CT molecular complexity index is 732. The second-order valence-electron chi connectivity index (χ2n) is 3.92. The first kappa shape index (κ1) is 15.5. The summed E-state index contributed by atoms with van der Waals surface area (Å²) in [5, 5.41) is 19.6. The first-order chi connectivity index (χ1) is 9.88. The smallest absolute Gasteiger partial charge is 0.335 e. The van der Waals surface area contributed by atoms with Crippen LogP contribution >= 0.6 is 31.9 Å². The highest BCUT2D eigenvalue weighted by atomic mass is 79.9. The summed E-state index contributed by atoms with van der Waals surface area (Å²) in [4.78, 5) is 21.1. The normalized spacial score (nSPS) is 10.2. The van der Waals surface area contributed by atoms with Crippen molar-refractivity contribution in [2.24, 2.45) is 0 Å². The molecule has 6 nitrogen and oxygen atoms in total. The average Bonchev–Trinajstić information content (AvgIpc) is 2.42. The number of carbonyl (C=O) groups is 1. The highest BCUT2D eigenvalue weighted by Crippen LogP contribution is 2.36. The number of nitro benzene ring substituents is 1. The Morgan fingerprint density at radius 2 is 1.81 bits per heavy atom. The molecule has 0 saturated heterocycles. The molecule has 21 heavy (non-hydrogen) atoms. The molecule has 2 aromatic rings. The second-order valence-corrected chi connectivity index (χ2v) is 5.63. The van der Waals surface area contributed by atoms with E-state index in [1.807, 2.05) is 0 Å². The third-order valence-corrected chi connectivity index (χ3v) is 3.80. The number of aromatic carboxylic acids is 1. The second kappa shape index (κ2) is 6.23. The molecule has 0 saturated carbocycles. The Hall–Kier alpha value is -1.93. The maximum atomic E-state index is 10.9. The van der Waals surface area contributed by atoms with E-state index in [0.717, 1.165) is 0 Å². The molecule has 0 aromatic heterocycles. The number of nitrogens with zero attached hydrogens (tertiary/aromatic N) is 1. The van der Waals surface area contributed by atoms with Gasteiger partial charge in [-0.1, -0.05) is 0 Å². The van der Waals surface area contributed by atoms with Gasteiger partial charge in [0.2, 0.25) is 0 Å². The van der Waals surface area contributed by atoms with Crippen molar-refractivity contribution >= 4 is 43.5 Å². The standard InChI is InChI=1S/C13H7Br2NO5/c14-9-3-1-7(13(17)18)5-12(9)21-11-4-2-8(16(19)20)6-10(11)15/h1-6H,(H,17,18). The minimum atomic E-state index is -1.07. The third-order valence-electron chi connectivity index (χ3n) is 2.52. The number of non-ortho nitro benzene ring substituents is 1. The maximum absolute atomic E-state index is 10.9. The Balaban J connectivity index is 2.36. The van der Waals surface area contributed by atoms with E-state index in [1.54, 1.807) is 6.07 Å². The molecule has 0 bridgehead atoms. The summed E-state index contributed by atoms with van der Waals surface area (Å²) in [7, 11) is 0. The Labute approximate surface area is 135 Å². The van der Waals surface area contributed by atoms with Crippen LogP contribution in [0.2, 0.25) is 0 Å². The predicted molar refractivity (Wildman–Crippen MR) is 82.0 cm³/mol. The fourth-order valence-electron chi connectivity index (χ4n) is 1.52. The van der Waals surface area contributed by atoms with Gasteiger partial charge >= 0.3 is 5.97 Å². The zero-order chi connectivity index (χ0) is 15.6. The Morgan fingerprint density at radius 1 is 1.10 bits per heavy atom. The summed E-state index contributed by atoms with van der Waals surface area (Å²) in [5.41, 5.74) is -0.00110. The van der Waals surface area contributed by atoms with Crippen molar-refractivity contribution in [2.75, 3.05) is 0 Å². The summed E-state index contributed by atoms with van der Waals surface area (Å²) in [6.07, 6.45) is 0. The lowest BCUT2D eigenvalue weighted by Crippen LogP contribution is -1.97. The average molecular weight is 417 g/mol. The molecule has 108 valence electrons. The number of hydrogen-bond acceptors (Lipinski definition) is 4. The van der Waals surface area contributed by atoms with E-state index >= 15 is 0 Å². The number of carboxylic acid groups (broad SMARTS) is 1. The molecule has 0 heterocycles. The number of hydrogen-bond donors (Lipinski definition) is 1. The minimum Gasteiger partial charge on any atom is -0.478 e. The molecule has 0 spiro atoms. The van der Waals surface area contributed by atoms with Gasteiger partial charge in [0, 0.05) is 12.1 Å². The predicted octanol–water partition coefficient (Wildman–Crippen LogP) is 4.61. The Kier molecular flexibility index (Phi) is 4.59. The maximum Gasteiger partial charge on any atom is 0.335 e. The van der Waals surface area contributed by atoms with Crippen LogP contribution in [0.5, 0.6) is 11.5 Å². The van der Waals surface area contributed by atoms with Crippen molar-refractivity contribution in [2.45, 2.75) is 0 Å². The van der Waals surface area contributed by atoms with Crippen LogP contribution in [0.3, 0.4) is 0 Å². The van der Waals surface area contributed by atoms with Gasteiger partial charge in [-0.3, -0.25) is 10.1 Å². The van der Waals surface area contributed by atoms with Gasteiger partial charge in [-0.05, 0) is 56.1 Å². The number of halogens is 2. The lowest BCUT2D eigenvalue weighted by molar-refractivity contribution is -0.384. The molecule has 0 amide bonds. The molecule has 0 unspecified atom stereocenters. The highest BCUT2D eigenvalue weighted by molar-refractivity contribution is 9.11. The molecule has 2 rings (SSSR count). The summed E-state index contributed by atoms with van der Waals surface area (Å²) in [6.45, 7) is 0. The van der Waals surface area contributed by atoms with Gasteiger partial charge in [0.15, 0.2) is 0 Å². The van der Waals surface area contributed by atoms with Crippen molar-refractivity contribution in [3.05, 3.63) is 61.0 Å². The number of ether oxygens (including phenoxy) is 1. The molecule has 0 aliphatic heterocycles. The molecular formula is C13H7Br2NO5. The first-order valence-corrected chi connectivity index (χ1v) is 7.11. The number of carboxylic acids is 1. The van der Waals surface area contributed by atoms with Gasteiger partial charge < -0.3 is 9.84 Å². The fraction of sp³-hybridized carbons (Fsp3) is 0. The van der Waals surface area contributed by atoms with Gasteiger partial charge in [0.1, 0.15) is 11.5 Å². The van der Waals surface area contributed by atoms with E-state index in [9.17, 15) is 14.9 Å². The van der Waals surface area contributed by atoms with Crippen molar-refractivity contribution in [3.63, 3.8) is 0 Å². The summed E-state index contributed by atoms with van der Waals surface area (Å²) in [6, 6.07) is 8.39. The SMILES string of the molecule is O=C(O)c1ccc(Br)c(Oc2ccc([N+](=O)[O-])cc2Br)c1. The Morgan fingerprint density at radius 3 is 2.38 bits per heavy atom. The van der Waals surface area contributed by atoms with Crippen LogP contribution in [0, 0.1) is 10.1 Å². The van der Waals surface area contributed by atoms with Gasteiger partial charge in [0.25, 0.3) is 5.69 Å². The summed E-state index contributed by atoms with van der Waals surface area (Å²) >= 11 is 6.44. The van der Waals surface area contributed by atoms with Crippen molar-refractivity contribution in [1.82, 2.24) is 0 Å². The topological polar surface area (TPSA) is 89.7 Å². The van der Waals surface area contributed by atoms with Crippen LogP contribution in [0.1, 0.15) is 10.4 Å². The molecule has 0 atom stereocenters. The molecule has 0 aliphatic rings. The minimum absolute atomic E-state index is 0.0752. The molecule has 0 aliphatic carbocycles. The van der Waals surface area contributed by atoms with Crippen LogP contribution in [0.4, 0.5) is 5.69 Å². The summed E-state index contributed by atoms with van der Waals surface area (Å²) in [5.74, 6) is -0.441. The zero-order valence-corrected chi connectivity index (χ0v) is 13.4. The van der Waals surface area contributed by atoms with Gasteiger partial charge in [-0.15, -0.1) is 0 Å². The number of nitro groups is 1. The van der Waals surface area contributed by atoms with Crippen LogP contribution < -0.4 is 4.74 Å². The van der Waals surface area contributed by atoms with E-state index in [2.05, 4.69) is 31.9 Å². The monoisotopic (exact) mass is 415 g/mol. The van der Waals surface area contributed by atoms with E-state index in [1.165, 1.54) is 30.3 Å². The van der Waals surface area contributed by atoms with Crippen LogP contribution in [0.25, 0.3) is 0 Å². The lowest BCUT2D eigenvalue weighted by Gasteiger charge is -2.10. The van der Waals surface area contributed by atoms with Crippen molar-refractivity contribution in [1.29, 1.82) is 0 Å². The molecule has 2 aromatic carbocycles. The molecule has 0 fully saturated rings. The van der Waals surface area contributed by atoms with Gasteiger partial charge in [-0.2, -0.15) is 0 Å². The van der Waals surface area contributed by atoms with Crippen LogP contribution in [0.15, 0.2) is 45.3 Å². The van der Waals surface area contributed by atoms with Crippen LogP contribution in [-0.2, 0) is 0 Å². The number of rotatable bonds is 4. The molecule has 0 radical (unpaired) electrons. The summed E-state index contributed by atoms with van der Waals surface area (Å²) < 4.78 is 6.55. The third kappa shape index (κ3) is 3.59. The first-order valence-electron chi connectivity index (χ1n) is 5.53. The molecular weight excluding hydrogens is 410 g/mol. The van der Waals surface area contributed by atoms with Gasteiger partial charge in [-0.25, -0.2) is 4.79 Å². The van der Waals surface area contributed by atoms with E-state index in [4.69, 9.17) is 9.84 Å². The van der Waals surface area contributed by atoms with Crippen molar-refractivity contribution in [3.8, 4) is 11.5 Å². The zero-order valence-electron chi connectivity index (χ0n) is 10.2. The fourth-order valence-corrected chi connectivity index (χ4v) is 2.29.